The first kappa shape index (κ1) is 23.2. The standard InChI is InChI=1S/C18H12ClF3N4O5S/c1-32(29,30)11-3-4-13(23-9-11)17-25-24-15(6-7-16(27)28)26(17)14-5-2-10(8-12(14)19)31-18(20,21)22/h2-9H,1H3,(H,27,28). The molecule has 0 amide bonds. The van der Waals surface area contributed by atoms with Gasteiger partial charge in [0.15, 0.2) is 21.5 Å². The predicted octanol–water partition coefficient (Wildman–Crippen LogP) is 3.38. The van der Waals surface area contributed by atoms with Crippen molar-refractivity contribution in [1.29, 1.82) is 0 Å². The fraction of sp³-hybridized carbons (Fsp3) is 0.111. The van der Waals surface area contributed by atoms with E-state index in [9.17, 15) is 26.4 Å². The molecule has 1 N–H and O–H groups in total. The SMILES string of the molecule is CS(=O)(=O)c1ccc(-c2nnc(C=CC(=O)O)n2-c2ccc(OC(F)(F)F)cc2Cl)nc1. The maximum atomic E-state index is 12.5. The van der Waals surface area contributed by atoms with Gasteiger partial charge in [-0.2, -0.15) is 0 Å². The molecular weight excluding hydrogens is 477 g/mol. The molecule has 0 saturated heterocycles. The number of halogens is 4. The van der Waals surface area contributed by atoms with Gasteiger partial charge in [0.2, 0.25) is 0 Å². The number of carboxylic acids is 1. The van der Waals surface area contributed by atoms with Crippen molar-refractivity contribution < 1.29 is 36.2 Å². The Hall–Kier alpha value is -3.45. The summed E-state index contributed by atoms with van der Waals surface area (Å²) < 4.78 is 65.8. The molecule has 3 rings (SSSR count). The Balaban J connectivity index is 2.15. The topological polar surface area (TPSA) is 124 Å². The molecule has 0 aliphatic heterocycles. The summed E-state index contributed by atoms with van der Waals surface area (Å²) in [5.74, 6) is -1.85. The highest BCUT2D eigenvalue weighted by Gasteiger charge is 2.31. The van der Waals surface area contributed by atoms with Gasteiger partial charge in [-0.05, 0) is 30.3 Å². The molecule has 0 radical (unpaired) electrons. The lowest BCUT2D eigenvalue weighted by molar-refractivity contribution is -0.274. The molecule has 9 nitrogen and oxygen atoms in total. The van der Waals surface area contributed by atoms with Gasteiger partial charge in [-0.15, -0.1) is 23.4 Å². The molecule has 2 aromatic heterocycles. The van der Waals surface area contributed by atoms with Crippen molar-refractivity contribution in [3.05, 3.63) is 53.5 Å². The average Bonchev–Trinajstić information content (AvgIpc) is 3.08. The normalized spacial score (nSPS) is 12.3. The number of sulfone groups is 1. The smallest absolute Gasteiger partial charge is 0.478 e. The number of carboxylic acid groups (broad SMARTS) is 1. The number of nitrogens with zero attached hydrogens (tertiary/aromatic N) is 4. The number of benzene rings is 1. The fourth-order valence-corrected chi connectivity index (χ4v) is 3.37. The first-order valence-corrected chi connectivity index (χ1v) is 10.7. The van der Waals surface area contributed by atoms with Crippen LogP contribution in [0.2, 0.25) is 5.02 Å². The zero-order chi connectivity index (χ0) is 23.7. The lowest BCUT2D eigenvalue weighted by Crippen LogP contribution is -2.17. The summed E-state index contributed by atoms with van der Waals surface area (Å²) in [6, 6.07) is 5.74. The number of aliphatic carboxylic acids is 1. The van der Waals surface area contributed by atoms with Crippen molar-refractivity contribution >= 4 is 33.5 Å². The Morgan fingerprint density at radius 2 is 1.94 bits per heavy atom. The monoisotopic (exact) mass is 488 g/mol. The van der Waals surface area contributed by atoms with Gasteiger partial charge >= 0.3 is 12.3 Å². The molecule has 0 bridgehead atoms. The largest absolute Gasteiger partial charge is 0.573 e. The van der Waals surface area contributed by atoms with E-state index in [1.165, 1.54) is 22.8 Å². The third kappa shape index (κ3) is 5.42. The number of pyridine rings is 1. The van der Waals surface area contributed by atoms with E-state index in [2.05, 4.69) is 19.9 Å². The summed E-state index contributed by atoms with van der Waals surface area (Å²) in [5, 5.41) is 16.5. The summed E-state index contributed by atoms with van der Waals surface area (Å²) in [7, 11) is -3.51. The molecule has 0 atom stereocenters. The summed E-state index contributed by atoms with van der Waals surface area (Å²) in [5.41, 5.74) is 0.242. The maximum Gasteiger partial charge on any atom is 0.573 e. The lowest BCUT2D eigenvalue weighted by atomic mass is 10.2. The van der Waals surface area contributed by atoms with Gasteiger partial charge in [0.05, 0.1) is 15.6 Å². The molecule has 1 aromatic carbocycles. The van der Waals surface area contributed by atoms with Gasteiger partial charge in [0.1, 0.15) is 11.4 Å². The fourth-order valence-electron chi connectivity index (χ4n) is 2.55. The van der Waals surface area contributed by atoms with Crippen molar-refractivity contribution in [2.24, 2.45) is 0 Å². The van der Waals surface area contributed by atoms with Crippen molar-refractivity contribution in [3.63, 3.8) is 0 Å². The average molecular weight is 489 g/mol. The molecule has 0 saturated carbocycles. The van der Waals surface area contributed by atoms with Crippen molar-refractivity contribution in [2.75, 3.05) is 6.26 Å². The van der Waals surface area contributed by atoms with Crippen LogP contribution in [0.25, 0.3) is 23.3 Å². The number of hydrogen-bond donors (Lipinski definition) is 1. The first-order valence-electron chi connectivity index (χ1n) is 8.44. The van der Waals surface area contributed by atoms with Crippen LogP contribution in [0.4, 0.5) is 13.2 Å². The second-order valence-corrected chi connectivity index (χ2v) is 8.62. The van der Waals surface area contributed by atoms with E-state index in [1.807, 2.05) is 0 Å². The van der Waals surface area contributed by atoms with Crippen molar-refractivity contribution in [3.8, 4) is 23.0 Å². The zero-order valence-corrected chi connectivity index (χ0v) is 17.5. The summed E-state index contributed by atoms with van der Waals surface area (Å²) >= 11 is 6.17. The third-order valence-corrected chi connectivity index (χ3v) is 5.25. The van der Waals surface area contributed by atoms with Gasteiger partial charge in [0, 0.05) is 24.6 Å². The van der Waals surface area contributed by atoms with E-state index >= 15 is 0 Å². The highest BCUT2D eigenvalue weighted by Crippen LogP contribution is 2.32. The third-order valence-electron chi connectivity index (χ3n) is 3.85. The van der Waals surface area contributed by atoms with Gasteiger partial charge < -0.3 is 9.84 Å². The number of rotatable bonds is 6. The molecule has 0 aliphatic carbocycles. The Bertz CT molecular complexity index is 1310. The van der Waals surface area contributed by atoms with Crippen LogP contribution in [0.3, 0.4) is 0 Å². The number of alkyl halides is 3. The molecule has 32 heavy (non-hydrogen) atoms. The quantitative estimate of drug-likeness (QED) is 0.524. The van der Waals surface area contributed by atoms with Gasteiger partial charge in [-0.3, -0.25) is 9.55 Å². The van der Waals surface area contributed by atoms with Crippen LogP contribution >= 0.6 is 11.6 Å². The van der Waals surface area contributed by atoms with E-state index in [-0.39, 0.29) is 32.9 Å². The Kier molecular flexibility index (Phi) is 6.23. The molecule has 0 fully saturated rings. The van der Waals surface area contributed by atoms with Gasteiger partial charge in [0.25, 0.3) is 0 Å². The zero-order valence-electron chi connectivity index (χ0n) is 15.9. The lowest BCUT2D eigenvalue weighted by Gasteiger charge is -2.13. The van der Waals surface area contributed by atoms with E-state index in [1.54, 1.807) is 0 Å². The maximum absolute atomic E-state index is 12.5. The molecule has 0 aliphatic rings. The number of aromatic nitrogens is 4. The molecular formula is C18H12ClF3N4O5S. The molecule has 3 aromatic rings. The molecule has 168 valence electrons. The van der Waals surface area contributed by atoms with Crippen LogP contribution < -0.4 is 4.74 Å². The summed E-state index contributed by atoms with van der Waals surface area (Å²) in [4.78, 5) is 14.9. The Morgan fingerprint density at radius 3 is 2.47 bits per heavy atom. The Morgan fingerprint density at radius 1 is 1.22 bits per heavy atom. The van der Waals surface area contributed by atoms with Gasteiger partial charge in [-0.25, -0.2) is 13.2 Å². The van der Waals surface area contributed by atoms with Crippen LogP contribution in [-0.2, 0) is 14.6 Å². The first-order chi connectivity index (χ1) is 14.8. The minimum Gasteiger partial charge on any atom is -0.478 e. The number of hydrogen-bond acceptors (Lipinski definition) is 7. The highest BCUT2D eigenvalue weighted by atomic mass is 35.5. The van der Waals surface area contributed by atoms with Crippen LogP contribution in [0.5, 0.6) is 5.75 Å². The number of carbonyl (C=O) groups is 1. The second-order valence-electron chi connectivity index (χ2n) is 6.20. The summed E-state index contributed by atoms with van der Waals surface area (Å²) in [6.07, 6.45) is -0.948. The van der Waals surface area contributed by atoms with E-state index in [0.29, 0.717) is 0 Å². The van der Waals surface area contributed by atoms with E-state index in [4.69, 9.17) is 16.7 Å². The minimum absolute atomic E-state index is 0.0252. The predicted molar refractivity (Wildman–Crippen MR) is 106 cm³/mol. The van der Waals surface area contributed by atoms with Crippen molar-refractivity contribution in [2.45, 2.75) is 11.3 Å². The van der Waals surface area contributed by atoms with Gasteiger partial charge in [-0.1, -0.05) is 11.6 Å². The minimum atomic E-state index is -4.92. The van der Waals surface area contributed by atoms with Crippen LogP contribution in [0, 0.1) is 0 Å². The van der Waals surface area contributed by atoms with Crippen molar-refractivity contribution in [1.82, 2.24) is 19.7 Å². The highest BCUT2D eigenvalue weighted by molar-refractivity contribution is 7.90. The van der Waals surface area contributed by atoms with E-state index in [0.717, 1.165) is 36.7 Å². The number of ether oxygens (including phenoxy) is 1. The molecule has 14 heteroatoms. The molecule has 0 spiro atoms. The van der Waals surface area contributed by atoms with Crippen LogP contribution in [0.15, 0.2) is 47.5 Å². The van der Waals surface area contributed by atoms with Crippen LogP contribution in [0.1, 0.15) is 5.82 Å². The summed E-state index contributed by atoms with van der Waals surface area (Å²) in [6.45, 7) is 0. The van der Waals surface area contributed by atoms with E-state index < -0.39 is 27.9 Å². The molecule has 0 unspecified atom stereocenters. The second kappa shape index (κ2) is 8.59. The molecule has 2 heterocycles. The Labute approximate surface area is 183 Å². The van der Waals surface area contributed by atoms with Crippen LogP contribution in [-0.4, -0.2) is 51.9 Å².